The SMILES string of the molecule is COC(=O)CN1C(=O)C[C@H]2CC3(CCN(C(=O)OC(C)(C)C)CC3)c3ccccc3[C@H]21. The third kappa shape index (κ3) is 4.02. The van der Waals surface area contributed by atoms with Crippen LogP contribution in [-0.2, 0) is 24.5 Å². The van der Waals surface area contributed by atoms with Gasteiger partial charge in [-0.15, -0.1) is 0 Å². The van der Waals surface area contributed by atoms with Crippen molar-refractivity contribution in [1.82, 2.24) is 9.80 Å². The number of benzene rings is 1. The van der Waals surface area contributed by atoms with Gasteiger partial charge in [0.25, 0.3) is 0 Å². The molecule has 0 unspecified atom stereocenters. The predicted octanol–water partition coefficient (Wildman–Crippen LogP) is 3.42. The number of methoxy groups -OCH3 is 1. The van der Waals surface area contributed by atoms with Crippen molar-refractivity contribution in [3.63, 3.8) is 0 Å². The summed E-state index contributed by atoms with van der Waals surface area (Å²) in [6.45, 7) is 6.91. The summed E-state index contributed by atoms with van der Waals surface area (Å²) in [4.78, 5) is 40.8. The minimum atomic E-state index is -0.510. The largest absolute Gasteiger partial charge is 0.468 e. The number of carbonyl (C=O) groups excluding carboxylic acids is 3. The summed E-state index contributed by atoms with van der Waals surface area (Å²) < 4.78 is 10.4. The number of piperidine rings is 1. The van der Waals surface area contributed by atoms with E-state index in [-0.39, 0.29) is 35.9 Å². The number of carbonyl (C=O) groups is 3. The Morgan fingerprint density at radius 3 is 2.48 bits per heavy atom. The first-order valence-electron chi connectivity index (χ1n) is 11.1. The Hall–Kier alpha value is -2.57. The minimum Gasteiger partial charge on any atom is -0.468 e. The van der Waals surface area contributed by atoms with Crippen molar-refractivity contribution >= 4 is 18.0 Å². The Balaban J connectivity index is 1.59. The fraction of sp³-hybridized carbons (Fsp3) is 0.625. The molecule has 0 radical (unpaired) electrons. The van der Waals surface area contributed by atoms with E-state index in [9.17, 15) is 14.4 Å². The van der Waals surface area contributed by atoms with Crippen LogP contribution in [0.2, 0.25) is 0 Å². The average molecular weight is 429 g/mol. The maximum absolute atomic E-state index is 12.8. The molecule has 3 aliphatic rings. The Kier molecular flexibility index (Phi) is 5.48. The molecule has 168 valence electrons. The number of likely N-dealkylation sites (tertiary alicyclic amines) is 2. The molecular formula is C24H32N2O5. The lowest BCUT2D eigenvalue weighted by molar-refractivity contribution is -0.146. The summed E-state index contributed by atoms with van der Waals surface area (Å²) in [6, 6.07) is 8.22. The van der Waals surface area contributed by atoms with E-state index < -0.39 is 11.6 Å². The van der Waals surface area contributed by atoms with Gasteiger partial charge in [0.05, 0.1) is 13.2 Å². The minimum absolute atomic E-state index is 0.00967. The number of hydrogen-bond acceptors (Lipinski definition) is 5. The monoisotopic (exact) mass is 428 g/mol. The summed E-state index contributed by atoms with van der Waals surface area (Å²) in [5.41, 5.74) is 1.83. The van der Waals surface area contributed by atoms with Gasteiger partial charge in [-0.25, -0.2) is 4.79 Å². The molecule has 7 heteroatoms. The smallest absolute Gasteiger partial charge is 0.410 e. The van der Waals surface area contributed by atoms with Gasteiger partial charge in [0.1, 0.15) is 12.1 Å². The Bertz CT molecular complexity index is 882. The molecule has 0 N–H and O–H groups in total. The number of nitrogens with zero attached hydrogens (tertiary/aromatic N) is 2. The Morgan fingerprint density at radius 2 is 1.84 bits per heavy atom. The van der Waals surface area contributed by atoms with Crippen molar-refractivity contribution < 1.29 is 23.9 Å². The van der Waals surface area contributed by atoms with Gasteiger partial charge < -0.3 is 19.3 Å². The van der Waals surface area contributed by atoms with Gasteiger partial charge in [-0.1, -0.05) is 24.3 Å². The van der Waals surface area contributed by atoms with Crippen LogP contribution in [0.1, 0.15) is 63.6 Å². The van der Waals surface area contributed by atoms with Gasteiger partial charge in [-0.2, -0.15) is 0 Å². The van der Waals surface area contributed by atoms with Crippen LogP contribution < -0.4 is 0 Å². The zero-order valence-electron chi connectivity index (χ0n) is 18.8. The highest BCUT2D eigenvalue weighted by molar-refractivity contribution is 5.85. The molecule has 2 heterocycles. The fourth-order valence-electron chi connectivity index (χ4n) is 5.63. The van der Waals surface area contributed by atoms with E-state index in [2.05, 4.69) is 12.1 Å². The maximum atomic E-state index is 12.8. The first-order chi connectivity index (χ1) is 14.6. The van der Waals surface area contributed by atoms with Crippen LogP contribution in [0.4, 0.5) is 4.79 Å². The van der Waals surface area contributed by atoms with E-state index in [1.54, 1.807) is 9.80 Å². The zero-order chi connectivity index (χ0) is 22.4. The quantitative estimate of drug-likeness (QED) is 0.675. The molecule has 2 fully saturated rings. The van der Waals surface area contributed by atoms with Crippen molar-refractivity contribution in [2.75, 3.05) is 26.7 Å². The highest BCUT2D eigenvalue weighted by Crippen LogP contribution is 2.55. The number of amides is 2. The van der Waals surface area contributed by atoms with Crippen molar-refractivity contribution in [3.8, 4) is 0 Å². The summed E-state index contributed by atoms with van der Waals surface area (Å²) in [6.07, 6.45) is 2.77. The molecule has 1 aromatic carbocycles. The topological polar surface area (TPSA) is 76.2 Å². The van der Waals surface area contributed by atoms with Gasteiger partial charge in [0, 0.05) is 19.5 Å². The lowest BCUT2D eigenvalue weighted by Gasteiger charge is -2.49. The van der Waals surface area contributed by atoms with Crippen LogP contribution in [0.5, 0.6) is 0 Å². The van der Waals surface area contributed by atoms with Gasteiger partial charge >= 0.3 is 12.1 Å². The summed E-state index contributed by atoms with van der Waals surface area (Å²) in [5.74, 6) is -0.212. The van der Waals surface area contributed by atoms with Gasteiger partial charge in [0.15, 0.2) is 0 Å². The number of hydrogen-bond donors (Lipinski definition) is 0. The lowest BCUT2D eigenvalue weighted by Crippen LogP contribution is -2.50. The van der Waals surface area contributed by atoms with Crippen molar-refractivity contribution in [3.05, 3.63) is 35.4 Å². The maximum Gasteiger partial charge on any atom is 0.410 e. The van der Waals surface area contributed by atoms with E-state index >= 15 is 0 Å². The van der Waals surface area contributed by atoms with E-state index in [0.29, 0.717) is 19.5 Å². The van der Waals surface area contributed by atoms with E-state index in [0.717, 1.165) is 24.8 Å². The summed E-state index contributed by atoms with van der Waals surface area (Å²) in [5, 5.41) is 0. The number of ether oxygens (including phenoxy) is 2. The molecule has 2 aliphatic heterocycles. The second-order valence-electron chi connectivity index (χ2n) is 10.0. The lowest BCUT2D eigenvalue weighted by atomic mass is 9.60. The molecule has 7 nitrogen and oxygen atoms in total. The first kappa shape index (κ1) is 21.7. The molecule has 2 atom stereocenters. The summed E-state index contributed by atoms with van der Waals surface area (Å²) in [7, 11) is 1.35. The molecule has 1 aliphatic carbocycles. The Labute approximate surface area is 183 Å². The first-order valence-corrected chi connectivity index (χ1v) is 11.1. The molecule has 0 aromatic heterocycles. The number of fused-ring (bicyclic) bond motifs is 4. The highest BCUT2D eigenvalue weighted by Gasteiger charge is 2.52. The number of rotatable bonds is 2. The van der Waals surface area contributed by atoms with Crippen LogP contribution in [-0.4, -0.2) is 60.1 Å². The fourth-order valence-corrected chi connectivity index (χ4v) is 5.63. The standard InChI is InChI=1S/C24H32N2O5/c1-23(2,3)31-22(29)25-11-9-24(10-12-25)14-16-13-19(27)26(15-20(28)30-4)21(16)17-7-5-6-8-18(17)24/h5-8,16,21H,9-15H2,1-4H3/t16-,21-/m0/s1. The van der Waals surface area contributed by atoms with Crippen LogP contribution in [0.15, 0.2) is 24.3 Å². The second-order valence-corrected chi connectivity index (χ2v) is 10.0. The normalized spacial score (nSPS) is 24.6. The van der Waals surface area contributed by atoms with Gasteiger partial charge in [0.2, 0.25) is 5.91 Å². The molecular weight excluding hydrogens is 396 g/mol. The third-order valence-electron chi connectivity index (χ3n) is 6.94. The van der Waals surface area contributed by atoms with Crippen LogP contribution >= 0.6 is 0 Å². The molecule has 1 spiro atoms. The van der Waals surface area contributed by atoms with E-state index in [1.165, 1.54) is 12.7 Å². The van der Waals surface area contributed by atoms with Crippen molar-refractivity contribution in [1.29, 1.82) is 0 Å². The molecule has 0 bridgehead atoms. The molecule has 31 heavy (non-hydrogen) atoms. The highest BCUT2D eigenvalue weighted by atomic mass is 16.6. The zero-order valence-corrected chi connectivity index (χ0v) is 18.8. The van der Waals surface area contributed by atoms with Crippen LogP contribution in [0.25, 0.3) is 0 Å². The van der Waals surface area contributed by atoms with Crippen molar-refractivity contribution in [2.45, 2.75) is 63.5 Å². The second kappa shape index (κ2) is 7.84. The summed E-state index contributed by atoms with van der Waals surface area (Å²) >= 11 is 0. The predicted molar refractivity (Wildman–Crippen MR) is 114 cm³/mol. The molecule has 1 aromatic rings. The van der Waals surface area contributed by atoms with Gasteiger partial charge in [-0.05, 0) is 62.5 Å². The van der Waals surface area contributed by atoms with Gasteiger partial charge in [-0.3, -0.25) is 9.59 Å². The molecule has 2 amide bonds. The van der Waals surface area contributed by atoms with E-state index in [4.69, 9.17) is 9.47 Å². The van der Waals surface area contributed by atoms with Crippen LogP contribution in [0.3, 0.4) is 0 Å². The molecule has 2 saturated heterocycles. The third-order valence-corrected chi connectivity index (χ3v) is 6.94. The van der Waals surface area contributed by atoms with Crippen molar-refractivity contribution in [2.24, 2.45) is 5.92 Å². The van der Waals surface area contributed by atoms with E-state index in [1.807, 2.05) is 32.9 Å². The van der Waals surface area contributed by atoms with Crippen LogP contribution in [0, 0.1) is 5.92 Å². The average Bonchev–Trinajstić information content (AvgIpc) is 3.02. The molecule has 4 rings (SSSR count). The number of esters is 1. The Morgan fingerprint density at radius 1 is 1.16 bits per heavy atom. The molecule has 0 saturated carbocycles.